The lowest BCUT2D eigenvalue weighted by molar-refractivity contribution is 0.463. The molecule has 0 heterocycles. The second kappa shape index (κ2) is 4.76. The van der Waals surface area contributed by atoms with Crippen molar-refractivity contribution in [3.63, 3.8) is 0 Å². The maximum Gasteiger partial charge on any atom is 0.205 e. The van der Waals surface area contributed by atoms with Gasteiger partial charge in [-0.1, -0.05) is 17.7 Å². The second-order valence-corrected chi connectivity index (χ2v) is 2.75. The van der Waals surface area contributed by atoms with Crippen molar-refractivity contribution in [2.24, 2.45) is 0 Å². The Kier molecular flexibility index (Phi) is 3.63. The number of hydrogen-bond donors (Lipinski definition) is 0. The molecule has 0 saturated heterocycles. The quantitative estimate of drug-likeness (QED) is 0.708. The molecule has 1 aromatic rings. The van der Waals surface area contributed by atoms with Crippen molar-refractivity contribution < 1.29 is 4.74 Å². The third-order valence-corrected chi connectivity index (χ3v) is 1.76. The van der Waals surface area contributed by atoms with E-state index in [1.165, 1.54) is 0 Å². The third-order valence-electron chi connectivity index (χ3n) is 1.26. The summed E-state index contributed by atoms with van der Waals surface area (Å²) in [5.74, 6) is 0.487. The first-order chi connectivity index (χ1) is 6.26. The van der Waals surface area contributed by atoms with Crippen LogP contribution in [0.3, 0.4) is 0 Å². The summed E-state index contributed by atoms with van der Waals surface area (Å²) in [6.45, 7) is 0. The van der Waals surface area contributed by atoms with Gasteiger partial charge in [-0.3, -0.25) is 0 Å². The van der Waals surface area contributed by atoms with E-state index >= 15 is 0 Å². The Morgan fingerprint density at radius 1 is 1.54 bits per heavy atom. The maximum atomic E-state index is 8.57. The first-order valence-corrected chi connectivity index (χ1v) is 4.21. The van der Waals surface area contributed by atoms with Gasteiger partial charge in [0, 0.05) is 0 Å². The molecule has 0 saturated carbocycles. The summed E-state index contributed by atoms with van der Waals surface area (Å²) in [5, 5.41) is 8.64. The third kappa shape index (κ3) is 2.98. The molecule has 0 N–H and O–H groups in total. The lowest BCUT2D eigenvalue weighted by atomic mass is 10.2. The van der Waals surface area contributed by atoms with Gasteiger partial charge in [0.05, 0.1) is 17.2 Å². The predicted molar refractivity (Wildman–Crippen MR) is 51.6 cm³/mol. The highest BCUT2D eigenvalue weighted by atomic mass is 35.5. The van der Waals surface area contributed by atoms with Crippen LogP contribution in [0.15, 0.2) is 35.0 Å². The molecule has 2 nitrogen and oxygen atoms in total. The number of halogens is 2. The van der Waals surface area contributed by atoms with Gasteiger partial charge in [-0.25, -0.2) is 0 Å². The van der Waals surface area contributed by atoms with Gasteiger partial charge in [-0.2, -0.15) is 5.26 Å². The average Bonchev–Trinajstić information content (AvgIpc) is 2.18. The monoisotopic (exact) mass is 213 g/mol. The van der Waals surface area contributed by atoms with Gasteiger partial charge < -0.3 is 4.74 Å². The summed E-state index contributed by atoms with van der Waals surface area (Å²) in [4.78, 5) is 0. The van der Waals surface area contributed by atoms with Crippen LogP contribution in [-0.4, -0.2) is 0 Å². The average molecular weight is 214 g/mol. The number of nitrogens with zero attached hydrogens (tertiary/aromatic N) is 1. The molecule has 0 bridgehead atoms. The Morgan fingerprint density at radius 2 is 2.31 bits per heavy atom. The molecule has 0 aliphatic heterocycles. The van der Waals surface area contributed by atoms with E-state index in [0.29, 0.717) is 11.3 Å². The molecule has 0 fully saturated rings. The van der Waals surface area contributed by atoms with E-state index in [1.54, 1.807) is 24.3 Å². The van der Waals surface area contributed by atoms with E-state index in [-0.39, 0.29) is 5.22 Å². The van der Waals surface area contributed by atoms with Gasteiger partial charge in [0.2, 0.25) is 5.22 Å². The van der Waals surface area contributed by atoms with Gasteiger partial charge in [0.25, 0.3) is 0 Å². The Hall–Kier alpha value is -1.17. The molecule has 0 aliphatic carbocycles. The summed E-state index contributed by atoms with van der Waals surface area (Å²) < 4.78 is 5.05. The fraction of sp³-hybridized carbons (Fsp3) is 0. The normalized spacial score (nSPS) is 10.7. The number of rotatable bonds is 2. The number of hydrogen-bond acceptors (Lipinski definition) is 2. The molecule has 0 aliphatic rings. The van der Waals surface area contributed by atoms with Crippen molar-refractivity contribution in [1.29, 1.82) is 5.26 Å². The van der Waals surface area contributed by atoms with Crippen molar-refractivity contribution in [2.45, 2.75) is 0 Å². The molecule has 0 spiro atoms. The topological polar surface area (TPSA) is 33.0 Å². The van der Waals surface area contributed by atoms with E-state index in [9.17, 15) is 0 Å². The number of ether oxygens (including phenoxy) is 1. The molecule has 0 radical (unpaired) electrons. The van der Waals surface area contributed by atoms with E-state index in [4.69, 9.17) is 33.2 Å². The van der Waals surface area contributed by atoms with Crippen LogP contribution in [0.25, 0.3) is 0 Å². The van der Waals surface area contributed by atoms with Gasteiger partial charge in [0.1, 0.15) is 5.75 Å². The lowest BCUT2D eigenvalue weighted by Crippen LogP contribution is -1.87. The molecule has 0 amide bonds. The largest absolute Gasteiger partial charge is 0.444 e. The van der Waals surface area contributed by atoms with Crippen LogP contribution in [0.5, 0.6) is 5.75 Å². The summed E-state index contributed by atoms with van der Waals surface area (Å²) >= 11 is 10.8. The number of nitriles is 1. The van der Waals surface area contributed by atoms with Crippen LogP contribution >= 0.6 is 23.2 Å². The highest BCUT2D eigenvalue weighted by Gasteiger charge is 1.97. The fourth-order valence-corrected chi connectivity index (χ4v) is 0.898. The SMILES string of the molecule is N#Cc1cccc(O/C(Cl)=C\Cl)c1. The van der Waals surface area contributed by atoms with E-state index in [1.807, 2.05) is 6.07 Å². The molecule has 1 aromatic carbocycles. The van der Waals surface area contributed by atoms with Crippen LogP contribution in [0.2, 0.25) is 0 Å². The van der Waals surface area contributed by atoms with Crippen LogP contribution in [0.1, 0.15) is 5.56 Å². The molecule has 1 rings (SSSR count). The highest BCUT2D eigenvalue weighted by Crippen LogP contribution is 2.17. The Morgan fingerprint density at radius 3 is 2.92 bits per heavy atom. The fourth-order valence-electron chi connectivity index (χ4n) is 0.764. The van der Waals surface area contributed by atoms with Crippen molar-refractivity contribution in [1.82, 2.24) is 0 Å². The molecule has 0 atom stereocenters. The zero-order chi connectivity index (χ0) is 9.68. The molecule has 4 heteroatoms. The van der Waals surface area contributed by atoms with Crippen molar-refractivity contribution >= 4 is 23.2 Å². The molecule has 0 aromatic heterocycles. The minimum absolute atomic E-state index is 0.0664. The van der Waals surface area contributed by atoms with Gasteiger partial charge in [0.15, 0.2) is 0 Å². The maximum absolute atomic E-state index is 8.57. The highest BCUT2D eigenvalue weighted by molar-refractivity contribution is 6.35. The molecular formula is C9H5Cl2NO. The van der Waals surface area contributed by atoms with Crippen LogP contribution in [-0.2, 0) is 0 Å². The summed E-state index contributed by atoms with van der Waals surface area (Å²) in [5.41, 5.74) is 1.62. The van der Waals surface area contributed by atoms with Crippen LogP contribution in [0.4, 0.5) is 0 Å². The van der Waals surface area contributed by atoms with Crippen molar-refractivity contribution in [3.8, 4) is 11.8 Å². The van der Waals surface area contributed by atoms with Gasteiger partial charge >= 0.3 is 0 Å². The summed E-state index contributed by atoms with van der Waals surface area (Å²) in [6.07, 6.45) is 0. The van der Waals surface area contributed by atoms with Crippen LogP contribution in [0, 0.1) is 11.3 Å². The zero-order valence-corrected chi connectivity index (χ0v) is 8.01. The molecule has 0 unspecified atom stereocenters. The van der Waals surface area contributed by atoms with E-state index in [0.717, 1.165) is 5.54 Å². The molecule has 66 valence electrons. The summed E-state index contributed by atoms with van der Waals surface area (Å²) in [7, 11) is 0. The lowest BCUT2D eigenvalue weighted by Gasteiger charge is -2.01. The molecule has 13 heavy (non-hydrogen) atoms. The predicted octanol–water partition coefficient (Wildman–Crippen LogP) is 3.21. The second-order valence-electron chi connectivity index (χ2n) is 2.15. The van der Waals surface area contributed by atoms with Gasteiger partial charge in [-0.05, 0) is 29.8 Å². The van der Waals surface area contributed by atoms with Crippen molar-refractivity contribution in [2.75, 3.05) is 0 Å². The standard InChI is InChI=1S/C9H5Cl2NO/c10-5-9(11)13-8-3-1-2-7(4-8)6-12/h1-5H/b9-5-. The first kappa shape index (κ1) is 9.91. The minimum atomic E-state index is 0.0664. The van der Waals surface area contributed by atoms with Crippen molar-refractivity contribution in [3.05, 3.63) is 40.6 Å². The zero-order valence-electron chi connectivity index (χ0n) is 6.50. The number of benzene rings is 1. The van der Waals surface area contributed by atoms with E-state index < -0.39 is 0 Å². The molecular weight excluding hydrogens is 209 g/mol. The smallest absolute Gasteiger partial charge is 0.205 e. The summed E-state index contributed by atoms with van der Waals surface area (Å²) in [6, 6.07) is 8.61. The minimum Gasteiger partial charge on any atom is -0.444 e. The Balaban J connectivity index is 2.85. The first-order valence-electron chi connectivity index (χ1n) is 3.40. The Labute approximate surface area is 85.9 Å². The van der Waals surface area contributed by atoms with Crippen LogP contribution < -0.4 is 4.74 Å². The Bertz CT molecular complexity index is 368. The van der Waals surface area contributed by atoms with Gasteiger partial charge in [-0.15, -0.1) is 0 Å². The van der Waals surface area contributed by atoms with E-state index in [2.05, 4.69) is 0 Å².